The average Bonchev–Trinajstić information content (AvgIpc) is 0. The number of hydrogen-bond donors (Lipinski definition) is 0. The average molecular weight is 352 g/mol. The molecule has 0 saturated carbocycles. The summed E-state index contributed by atoms with van der Waals surface area (Å²) < 4.78 is 0. The van der Waals surface area contributed by atoms with E-state index >= 15 is 0 Å². The summed E-state index contributed by atoms with van der Waals surface area (Å²) in [5.41, 5.74) is 0. The zero-order valence-corrected chi connectivity index (χ0v) is 9.63. The molecule has 0 aromatic rings. The quantitative estimate of drug-likeness (QED) is 0.389. The third-order valence-electron chi connectivity index (χ3n) is 0. The van der Waals surface area contributed by atoms with Gasteiger partial charge in [-0.25, -0.2) is 0 Å². The van der Waals surface area contributed by atoms with E-state index in [0.717, 1.165) is 0 Å². The third kappa shape index (κ3) is 9.10. The third-order valence-corrected chi connectivity index (χ3v) is 0. The van der Waals surface area contributed by atoms with Crippen molar-refractivity contribution in [2.75, 3.05) is 0 Å². The molecular weight excluding hydrogens is 348 g/mol. The molecule has 0 spiro atoms. The largest absolute Gasteiger partial charge is 1.00 e. The van der Waals surface area contributed by atoms with Crippen molar-refractivity contribution >= 4 is 17.4 Å². The smallest absolute Gasteiger partial charge is 1.00 e. The predicted molar refractivity (Wildman–Crippen MR) is 11.1 cm³/mol. The van der Waals surface area contributed by atoms with Gasteiger partial charge in [0.25, 0.3) is 0 Å². The molecule has 0 aliphatic rings. The molecule has 0 unspecified atom stereocenters. The van der Waals surface area contributed by atoms with E-state index in [1.165, 1.54) is 0 Å². The molecule has 0 saturated heterocycles. The summed E-state index contributed by atoms with van der Waals surface area (Å²) >= 11 is 0. The molecule has 21 valence electrons. The Morgan fingerprint density at radius 3 is 1.25 bits per heavy atom. The molecule has 0 amide bonds. The first kappa shape index (κ1) is 25.8. The SMILES string of the molecule is [AlH3].[H-].[K+].[Mo].[Re]. The van der Waals surface area contributed by atoms with Crippen LogP contribution < -0.4 is 51.4 Å². The zero-order chi connectivity index (χ0) is 0. The summed E-state index contributed by atoms with van der Waals surface area (Å²) in [6, 6.07) is 0. The van der Waals surface area contributed by atoms with E-state index in [1.54, 1.807) is 0 Å². The van der Waals surface area contributed by atoms with Crippen LogP contribution in [0.15, 0.2) is 0 Å². The molecule has 0 fully saturated rings. The van der Waals surface area contributed by atoms with Crippen molar-refractivity contribution < 1.29 is 94.3 Å². The zero-order valence-electron chi connectivity index (χ0n) is 2.79. The molecule has 0 aliphatic heterocycles. The van der Waals surface area contributed by atoms with Gasteiger partial charge in [0.15, 0.2) is 17.4 Å². The Morgan fingerprint density at radius 2 is 1.25 bits per heavy atom. The first-order valence-corrected chi connectivity index (χ1v) is 0. The van der Waals surface area contributed by atoms with Gasteiger partial charge >= 0.3 is 51.4 Å². The summed E-state index contributed by atoms with van der Waals surface area (Å²) in [6.45, 7) is 0. The van der Waals surface area contributed by atoms with Crippen molar-refractivity contribution in [2.45, 2.75) is 0 Å². The van der Waals surface area contributed by atoms with Gasteiger partial charge in [-0.15, -0.1) is 0 Å². The molecule has 0 bridgehead atoms. The van der Waals surface area contributed by atoms with E-state index in [2.05, 4.69) is 0 Å². The van der Waals surface area contributed by atoms with Gasteiger partial charge in [-0.1, -0.05) is 0 Å². The Labute approximate surface area is 109 Å². The van der Waals surface area contributed by atoms with E-state index in [9.17, 15) is 0 Å². The maximum absolute atomic E-state index is 0. The molecule has 0 nitrogen and oxygen atoms in total. The standard InChI is InChI=1S/Al.K.Mo.Re.4H/q;+1;;;;;;-1. The molecule has 4 heavy (non-hydrogen) atoms. The van der Waals surface area contributed by atoms with Crippen molar-refractivity contribution in [3.8, 4) is 0 Å². The number of rotatable bonds is 0. The number of hydrogen-bond acceptors (Lipinski definition) is 0. The first-order valence-electron chi connectivity index (χ1n) is 0. The van der Waals surface area contributed by atoms with Gasteiger partial charge in [-0.05, 0) is 0 Å². The van der Waals surface area contributed by atoms with Crippen LogP contribution in [0.2, 0.25) is 0 Å². The monoisotopic (exact) mass is 355 g/mol. The van der Waals surface area contributed by atoms with Crippen LogP contribution in [0.1, 0.15) is 1.43 Å². The van der Waals surface area contributed by atoms with Crippen LogP contribution in [0.25, 0.3) is 0 Å². The molecule has 0 aromatic carbocycles. The fourth-order valence-electron chi connectivity index (χ4n) is 0. The van der Waals surface area contributed by atoms with Gasteiger partial charge in [0.2, 0.25) is 0 Å². The van der Waals surface area contributed by atoms with Crippen LogP contribution in [0, 0.1) is 0 Å². The maximum atomic E-state index is 0. The van der Waals surface area contributed by atoms with E-state index in [4.69, 9.17) is 0 Å². The molecule has 0 aliphatic carbocycles. The van der Waals surface area contributed by atoms with Crippen molar-refractivity contribution in [1.29, 1.82) is 0 Å². The van der Waals surface area contributed by atoms with Gasteiger partial charge < -0.3 is 1.43 Å². The van der Waals surface area contributed by atoms with Crippen molar-refractivity contribution in [2.24, 2.45) is 0 Å². The summed E-state index contributed by atoms with van der Waals surface area (Å²) in [6.07, 6.45) is 0. The minimum atomic E-state index is 0. The van der Waals surface area contributed by atoms with Gasteiger partial charge in [-0.3, -0.25) is 0 Å². The maximum Gasteiger partial charge on any atom is 1.00 e. The molecular formula is H4AlKMoRe. The Kier molecular flexibility index (Phi) is 103. The molecule has 0 N–H and O–H groups in total. The van der Waals surface area contributed by atoms with E-state index in [0.29, 0.717) is 0 Å². The summed E-state index contributed by atoms with van der Waals surface area (Å²) in [4.78, 5) is 0. The second-order valence-corrected chi connectivity index (χ2v) is 0. The van der Waals surface area contributed by atoms with Crippen LogP contribution in [0.5, 0.6) is 0 Å². The van der Waals surface area contributed by atoms with Crippen molar-refractivity contribution in [1.82, 2.24) is 0 Å². The summed E-state index contributed by atoms with van der Waals surface area (Å²) in [5.74, 6) is 0. The normalized spacial score (nSPS) is 0. The summed E-state index contributed by atoms with van der Waals surface area (Å²) in [5, 5.41) is 0. The van der Waals surface area contributed by atoms with Gasteiger partial charge in [-0.2, -0.15) is 0 Å². The van der Waals surface area contributed by atoms with Crippen LogP contribution in [-0.2, 0) is 41.5 Å². The van der Waals surface area contributed by atoms with Crippen LogP contribution in [0.4, 0.5) is 0 Å². The predicted octanol–water partition coefficient (Wildman–Crippen LogP) is -4.07. The van der Waals surface area contributed by atoms with Crippen molar-refractivity contribution in [3.05, 3.63) is 0 Å². The van der Waals surface area contributed by atoms with Gasteiger partial charge in [0.1, 0.15) is 0 Å². The van der Waals surface area contributed by atoms with Crippen LogP contribution in [-0.4, -0.2) is 17.4 Å². The molecule has 0 aromatic heterocycles. The molecule has 4 heteroatoms. The van der Waals surface area contributed by atoms with Gasteiger partial charge in [0.05, 0.1) is 0 Å². The molecule has 1 radical (unpaired) electrons. The molecule has 0 heterocycles. The van der Waals surface area contributed by atoms with Crippen LogP contribution in [0.3, 0.4) is 0 Å². The van der Waals surface area contributed by atoms with E-state index in [1.807, 2.05) is 0 Å². The minimum Gasteiger partial charge on any atom is -1.00 e. The minimum absolute atomic E-state index is 0. The Balaban J connectivity index is 0. The molecule has 0 rings (SSSR count). The summed E-state index contributed by atoms with van der Waals surface area (Å²) in [7, 11) is 0. The fraction of sp³-hybridized carbons (Fsp3) is 0. The molecule has 0 atom stereocenters. The van der Waals surface area contributed by atoms with Crippen molar-refractivity contribution in [3.63, 3.8) is 0 Å². The van der Waals surface area contributed by atoms with Gasteiger partial charge in [0, 0.05) is 41.5 Å². The Bertz CT molecular complexity index is 11.6. The van der Waals surface area contributed by atoms with Crippen LogP contribution >= 0.6 is 0 Å². The van der Waals surface area contributed by atoms with E-state index in [-0.39, 0.29) is 112 Å². The second-order valence-electron chi connectivity index (χ2n) is 0. The second kappa shape index (κ2) is 16.0. The first-order chi connectivity index (χ1) is 0. The Hall–Kier alpha value is 3.52. The Morgan fingerprint density at radius 1 is 1.25 bits per heavy atom. The fourth-order valence-corrected chi connectivity index (χ4v) is 0. The topological polar surface area (TPSA) is 0 Å². The van der Waals surface area contributed by atoms with E-state index < -0.39 is 0 Å².